The minimum atomic E-state index is -4.33. The van der Waals surface area contributed by atoms with Crippen molar-refractivity contribution < 1.29 is 17.9 Å². The molecule has 0 spiro atoms. The number of rotatable bonds is 4. The number of benzene rings is 1. The maximum absolute atomic E-state index is 13.1. The minimum absolute atomic E-state index is 0.105. The van der Waals surface area contributed by atoms with E-state index < -0.39 is 11.7 Å². The molecule has 1 aromatic rings. The molecule has 6 heteroatoms. The van der Waals surface area contributed by atoms with Crippen LogP contribution >= 0.6 is 15.9 Å². The van der Waals surface area contributed by atoms with Crippen molar-refractivity contribution in [1.82, 2.24) is 0 Å². The van der Waals surface area contributed by atoms with Gasteiger partial charge in [-0.15, -0.1) is 0 Å². The van der Waals surface area contributed by atoms with E-state index in [1.807, 2.05) is 11.8 Å². The van der Waals surface area contributed by atoms with E-state index >= 15 is 0 Å². The summed E-state index contributed by atoms with van der Waals surface area (Å²) in [5.74, 6) is 0. The molecular formula is C15H19BrF3NO. The molecule has 0 radical (unpaired) electrons. The third-order valence-corrected chi connectivity index (χ3v) is 4.29. The molecule has 1 aromatic carbocycles. The first-order valence-electron chi connectivity index (χ1n) is 7.08. The summed E-state index contributed by atoms with van der Waals surface area (Å²) in [6.45, 7) is 3.99. The zero-order chi connectivity index (χ0) is 15.5. The second-order valence-electron chi connectivity index (χ2n) is 5.14. The predicted molar refractivity (Wildman–Crippen MR) is 80.9 cm³/mol. The molecule has 1 unspecified atom stereocenters. The van der Waals surface area contributed by atoms with E-state index in [4.69, 9.17) is 4.74 Å². The van der Waals surface area contributed by atoms with Gasteiger partial charge in [0.25, 0.3) is 0 Å². The number of ether oxygens (including phenoxy) is 1. The third-order valence-electron chi connectivity index (χ3n) is 3.69. The Labute approximate surface area is 131 Å². The van der Waals surface area contributed by atoms with Crippen molar-refractivity contribution in [2.45, 2.75) is 37.4 Å². The van der Waals surface area contributed by atoms with Crippen molar-refractivity contribution in [1.29, 1.82) is 0 Å². The molecule has 1 aliphatic rings. The smallest absolute Gasteiger partial charge is 0.377 e. The summed E-state index contributed by atoms with van der Waals surface area (Å²) >= 11 is 3.12. The average molecular weight is 366 g/mol. The van der Waals surface area contributed by atoms with Crippen molar-refractivity contribution in [2.75, 3.05) is 24.6 Å². The first-order valence-corrected chi connectivity index (χ1v) is 8.20. The van der Waals surface area contributed by atoms with E-state index in [2.05, 4.69) is 15.9 Å². The van der Waals surface area contributed by atoms with Crippen LogP contribution in [0.4, 0.5) is 18.9 Å². The van der Waals surface area contributed by atoms with Crippen LogP contribution in [-0.2, 0) is 16.2 Å². The lowest BCUT2D eigenvalue weighted by Gasteiger charge is -2.34. The standard InChI is InChI=1S/C15H19BrF3NO/c1-2-21-13-4-3-7-20(10-13)12-6-5-11(9-16)14(8-12)15(17,18)19/h5-6,8,13H,2-4,7,9-10H2,1H3. The van der Waals surface area contributed by atoms with E-state index in [0.29, 0.717) is 18.8 Å². The normalized spacial score (nSPS) is 19.9. The van der Waals surface area contributed by atoms with E-state index in [1.165, 1.54) is 6.07 Å². The van der Waals surface area contributed by atoms with Crippen LogP contribution in [0.3, 0.4) is 0 Å². The molecule has 2 rings (SSSR count). The van der Waals surface area contributed by atoms with Crippen molar-refractivity contribution >= 4 is 21.6 Å². The average Bonchev–Trinajstić information content (AvgIpc) is 2.46. The topological polar surface area (TPSA) is 12.5 Å². The predicted octanol–water partition coefficient (Wildman–Crippen LogP) is 4.61. The number of alkyl halides is 4. The van der Waals surface area contributed by atoms with Crippen molar-refractivity contribution in [3.8, 4) is 0 Å². The number of hydrogen-bond donors (Lipinski definition) is 0. The van der Waals surface area contributed by atoms with Gasteiger partial charge in [-0.3, -0.25) is 0 Å². The van der Waals surface area contributed by atoms with Gasteiger partial charge in [-0.2, -0.15) is 13.2 Å². The first kappa shape index (κ1) is 16.6. The second-order valence-corrected chi connectivity index (χ2v) is 5.70. The van der Waals surface area contributed by atoms with Gasteiger partial charge in [0.2, 0.25) is 0 Å². The van der Waals surface area contributed by atoms with Crippen molar-refractivity contribution in [2.24, 2.45) is 0 Å². The van der Waals surface area contributed by atoms with E-state index in [0.717, 1.165) is 19.4 Å². The van der Waals surface area contributed by atoms with Crippen LogP contribution in [-0.4, -0.2) is 25.8 Å². The van der Waals surface area contributed by atoms with E-state index in [1.54, 1.807) is 12.1 Å². The highest BCUT2D eigenvalue weighted by Crippen LogP contribution is 2.36. The van der Waals surface area contributed by atoms with Gasteiger partial charge in [-0.25, -0.2) is 0 Å². The van der Waals surface area contributed by atoms with Crippen LogP contribution in [0.25, 0.3) is 0 Å². The van der Waals surface area contributed by atoms with Crippen LogP contribution in [0.5, 0.6) is 0 Å². The lowest BCUT2D eigenvalue weighted by Crippen LogP contribution is -2.39. The Kier molecular flexibility index (Phi) is 5.54. The van der Waals surface area contributed by atoms with Crippen LogP contribution in [0.2, 0.25) is 0 Å². The van der Waals surface area contributed by atoms with Crippen molar-refractivity contribution in [3.63, 3.8) is 0 Å². The molecule has 0 amide bonds. The monoisotopic (exact) mass is 365 g/mol. The zero-order valence-corrected chi connectivity index (χ0v) is 13.5. The molecule has 0 N–H and O–H groups in total. The highest BCUT2D eigenvalue weighted by Gasteiger charge is 2.34. The number of piperidine rings is 1. The van der Waals surface area contributed by atoms with Crippen LogP contribution in [0.1, 0.15) is 30.9 Å². The molecule has 1 saturated heterocycles. The van der Waals surface area contributed by atoms with E-state index in [-0.39, 0.29) is 17.0 Å². The van der Waals surface area contributed by atoms with Gasteiger partial charge >= 0.3 is 6.18 Å². The first-order chi connectivity index (χ1) is 9.95. The Morgan fingerprint density at radius 2 is 2.14 bits per heavy atom. The summed E-state index contributed by atoms with van der Waals surface area (Å²) in [5.41, 5.74) is 0.330. The highest BCUT2D eigenvalue weighted by atomic mass is 79.9. The summed E-state index contributed by atoms with van der Waals surface area (Å²) < 4.78 is 45.0. The van der Waals surface area contributed by atoms with Gasteiger partial charge in [-0.1, -0.05) is 22.0 Å². The largest absolute Gasteiger partial charge is 0.416 e. The Morgan fingerprint density at radius 3 is 2.76 bits per heavy atom. The number of hydrogen-bond acceptors (Lipinski definition) is 2. The molecule has 1 aliphatic heterocycles. The summed E-state index contributed by atoms with van der Waals surface area (Å²) in [7, 11) is 0. The maximum atomic E-state index is 13.1. The molecule has 1 fully saturated rings. The SMILES string of the molecule is CCOC1CCCN(c2ccc(CBr)c(C(F)(F)F)c2)C1. The number of nitrogens with zero attached hydrogens (tertiary/aromatic N) is 1. The Morgan fingerprint density at radius 1 is 1.38 bits per heavy atom. The fraction of sp³-hybridized carbons (Fsp3) is 0.600. The summed E-state index contributed by atoms with van der Waals surface area (Å²) in [6, 6.07) is 4.57. The quantitative estimate of drug-likeness (QED) is 0.722. The second kappa shape index (κ2) is 7.01. The minimum Gasteiger partial charge on any atom is -0.377 e. The Bertz CT molecular complexity index is 476. The van der Waals surface area contributed by atoms with Gasteiger partial charge in [0, 0.05) is 30.7 Å². The molecule has 1 heterocycles. The molecule has 0 bridgehead atoms. The molecule has 0 saturated carbocycles. The Balaban J connectivity index is 2.24. The fourth-order valence-corrected chi connectivity index (χ4v) is 3.17. The lowest BCUT2D eigenvalue weighted by atomic mass is 10.0. The summed E-state index contributed by atoms with van der Waals surface area (Å²) in [4.78, 5) is 1.98. The molecule has 2 nitrogen and oxygen atoms in total. The third kappa shape index (κ3) is 4.13. The maximum Gasteiger partial charge on any atom is 0.416 e. The lowest BCUT2D eigenvalue weighted by molar-refractivity contribution is -0.138. The highest BCUT2D eigenvalue weighted by molar-refractivity contribution is 9.08. The van der Waals surface area contributed by atoms with Crippen LogP contribution in [0, 0.1) is 0 Å². The van der Waals surface area contributed by atoms with Crippen LogP contribution < -0.4 is 4.90 Å². The van der Waals surface area contributed by atoms with Crippen molar-refractivity contribution in [3.05, 3.63) is 29.3 Å². The van der Waals surface area contributed by atoms with Crippen LogP contribution in [0.15, 0.2) is 18.2 Å². The molecular weight excluding hydrogens is 347 g/mol. The number of anilines is 1. The van der Waals surface area contributed by atoms with Gasteiger partial charge in [0.05, 0.1) is 11.7 Å². The van der Waals surface area contributed by atoms with E-state index in [9.17, 15) is 13.2 Å². The molecule has 21 heavy (non-hydrogen) atoms. The van der Waals surface area contributed by atoms with Gasteiger partial charge < -0.3 is 9.64 Å². The molecule has 118 valence electrons. The van der Waals surface area contributed by atoms with Gasteiger partial charge in [0.1, 0.15) is 0 Å². The summed E-state index contributed by atoms with van der Waals surface area (Å²) in [5, 5.41) is 0.198. The zero-order valence-electron chi connectivity index (χ0n) is 11.9. The molecule has 0 aliphatic carbocycles. The molecule has 0 aromatic heterocycles. The Hall–Kier alpha value is -0.750. The van der Waals surface area contributed by atoms with Gasteiger partial charge in [0.15, 0.2) is 0 Å². The fourth-order valence-electron chi connectivity index (χ4n) is 2.69. The summed E-state index contributed by atoms with van der Waals surface area (Å²) in [6.07, 6.45) is -2.31. The molecule has 1 atom stereocenters. The number of halogens is 4. The van der Waals surface area contributed by atoms with Gasteiger partial charge in [-0.05, 0) is 37.5 Å².